The third-order valence-electron chi connectivity index (χ3n) is 2.01. The molecular formula is C10H12N4. The summed E-state index contributed by atoms with van der Waals surface area (Å²) < 4.78 is 0. The Morgan fingerprint density at radius 2 is 2.07 bits per heavy atom. The molecule has 2 aromatic rings. The number of para-hydroxylation sites is 1. The van der Waals surface area contributed by atoms with Crippen LogP contribution in [0.15, 0.2) is 24.3 Å². The highest BCUT2D eigenvalue weighted by atomic mass is 15.0. The topological polar surface area (TPSA) is 63.8 Å². The van der Waals surface area contributed by atoms with Gasteiger partial charge in [0.1, 0.15) is 11.6 Å². The molecule has 0 fully saturated rings. The number of nitrogens with one attached hydrogen (secondary N) is 1. The van der Waals surface area contributed by atoms with E-state index in [1.165, 1.54) is 0 Å². The van der Waals surface area contributed by atoms with E-state index in [4.69, 9.17) is 5.73 Å². The monoisotopic (exact) mass is 188 g/mol. The summed E-state index contributed by atoms with van der Waals surface area (Å²) in [4.78, 5) is 8.57. The van der Waals surface area contributed by atoms with Crippen LogP contribution in [-0.2, 0) is 6.54 Å². The molecule has 0 aliphatic heterocycles. The second-order valence-electron chi connectivity index (χ2n) is 3.07. The number of benzene rings is 1. The van der Waals surface area contributed by atoms with E-state index in [2.05, 4.69) is 15.3 Å². The van der Waals surface area contributed by atoms with E-state index in [-0.39, 0.29) is 0 Å². The molecule has 1 heterocycles. The fourth-order valence-electron chi connectivity index (χ4n) is 1.39. The summed E-state index contributed by atoms with van der Waals surface area (Å²) >= 11 is 0. The minimum absolute atomic E-state index is 0.542. The molecular weight excluding hydrogens is 176 g/mol. The average Bonchev–Trinajstić information content (AvgIpc) is 2.18. The van der Waals surface area contributed by atoms with Crippen molar-refractivity contribution >= 4 is 16.7 Å². The van der Waals surface area contributed by atoms with Crippen molar-refractivity contribution in [1.82, 2.24) is 15.3 Å². The Bertz CT molecular complexity index is 453. The van der Waals surface area contributed by atoms with Gasteiger partial charge in [-0.05, 0) is 19.2 Å². The lowest BCUT2D eigenvalue weighted by Gasteiger charge is -2.04. The first-order valence-corrected chi connectivity index (χ1v) is 4.47. The Morgan fingerprint density at radius 3 is 2.86 bits per heavy atom. The standard InChI is InChI=1S/C10H12N4/c1-12-6-9-13-8-5-3-2-4-7(8)10(11)14-9/h2-5,12H,6H2,1H3,(H2,11,13,14). The smallest absolute Gasteiger partial charge is 0.145 e. The molecule has 1 aromatic carbocycles. The summed E-state index contributed by atoms with van der Waals surface area (Å²) in [7, 11) is 1.86. The summed E-state index contributed by atoms with van der Waals surface area (Å²) in [5.74, 6) is 1.27. The molecule has 2 rings (SSSR count). The van der Waals surface area contributed by atoms with E-state index >= 15 is 0 Å². The quantitative estimate of drug-likeness (QED) is 0.736. The van der Waals surface area contributed by atoms with Crippen molar-refractivity contribution in [2.24, 2.45) is 0 Å². The van der Waals surface area contributed by atoms with Crippen LogP contribution in [-0.4, -0.2) is 17.0 Å². The molecule has 0 saturated carbocycles. The van der Waals surface area contributed by atoms with Crippen LogP contribution >= 0.6 is 0 Å². The van der Waals surface area contributed by atoms with E-state index in [9.17, 15) is 0 Å². The lowest BCUT2D eigenvalue weighted by atomic mass is 10.2. The van der Waals surface area contributed by atoms with Crippen LogP contribution in [0.1, 0.15) is 5.82 Å². The molecule has 14 heavy (non-hydrogen) atoms. The van der Waals surface area contributed by atoms with Gasteiger partial charge in [0, 0.05) is 5.39 Å². The van der Waals surface area contributed by atoms with Crippen LogP contribution in [0.25, 0.3) is 10.9 Å². The second kappa shape index (κ2) is 3.59. The number of nitrogens with zero attached hydrogens (tertiary/aromatic N) is 2. The first kappa shape index (κ1) is 8.90. The molecule has 72 valence electrons. The molecule has 4 heteroatoms. The van der Waals surface area contributed by atoms with Crippen molar-refractivity contribution in [3.05, 3.63) is 30.1 Å². The highest BCUT2D eigenvalue weighted by Gasteiger charge is 2.02. The number of nitrogens with two attached hydrogens (primary N) is 1. The number of rotatable bonds is 2. The molecule has 1 aromatic heterocycles. The predicted octanol–water partition coefficient (Wildman–Crippen LogP) is 0.931. The maximum atomic E-state index is 5.81. The maximum Gasteiger partial charge on any atom is 0.145 e. The Labute approximate surface area is 82.2 Å². The van der Waals surface area contributed by atoms with Gasteiger partial charge in [-0.1, -0.05) is 12.1 Å². The Kier molecular flexibility index (Phi) is 2.28. The lowest BCUT2D eigenvalue weighted by Crippen LogP contribution is -2.10. The van der Waals surface area contributed by atoms with Crippen LogP contribution in [0.4, 0.5) is 5.82 Å². The molecule has 0 radical (unpaired) electrons. The molecule has 4 nitrogen and oxygen atoms in total. The first-order chi connectivity index (χ1) is 6.81. The van der Waals surface area contributed by atoms with Gasteiger partial charge in [-0.2, -0.15) is 0 Å². The van der Waals surface area contributed by atoms with Gasteiger partial charge in [-0.25, -0.2) is 9.97 Å². The van der Waals surface area contributed by atoms with Crippen molar-refractivity contribution in [3.8, 4) is 0 Å². The van der Waals surface area contributed by atoms with E-state index in [1.807, 2.05) is 31.3 Å². The summed E-state index contributed by atoms with van der Waals surface area (Å²) in [6.45, 7) is 0.634. The van der Waals surface area contributed by atoms with E-state index in [1.54, 1.807) is 0 Å². The van der Waals surface area contributed by atoms with Crippen LogP contribution in [0.2, 0.25) is 0 Å². The molecule has 0 aliphatic carbocycles. The van der Waals surface area contributed by atoms with Crippen molar-refractivity contribution < 1.29 is 0 Å². The molecule has 0 amide bonds. The van der Waals surface area contributed by atoms with Gasteiger partial charge in [0.25, 0.3) is 0 Å². The van der Waals surface area contributed by atoms with Crippen LogP contribution in [0.3, 0.4) is 0 Å². The third-order valence-corrected chi connectivity index (χ3v) is 2.01. The molecule has 0 spiro atoms. The molecule has 0 atom stereocenters. The van der Waals surface area contributed by atoms with Gasteiger partial charge in [-0.3, -0.25) is 0 Å². The second-order valence-corrected chi connectivity index (χ2v) is 3.07. The van der Waals surface area contributed by atoms with Crippen molar-refractivity contribution in [3.63, 3.8) is 0 Å². The van der Waals surface area contributed by atoms with E-state index in [0.29, 0.717) is 12.4 Å². The Hall–Kier alpha value is -1.68. The van der Waals surface area contributed by atoms with E-state index in [0.717, 1.165) is 16.7 Å². The summed E-state index contributed by atoms with van der Waals surface area (Å²) in [6, 6.07) is 7.73. The van der Waals surface area contributed by atoms with E-state index < -0.39 is 0 Å². The molecule has 0 unspecified atom stereocenters. The number of hydrogen-bond acceptors (Lipinski definition) is 4. The number of nitrogen functional groups attached to an aromatic ring is 1. The normalized spacial score (nSPS) is 10.6. The summed E-state index contributed by atoms with van der Waals surface area (Å²) in [6.07, 6.45) is 0. The number of hydrogen-bond donors (Lipinski definition) is 2. The molecule has 0 aliphatic rings. The average molecular weight is 188 g/mol. The van der Waals surface area contributed by atoms with Crippen LogP contribution in [0.5, 0.6) is 0 Å². The van der Waals surface area contributed by atoms with Gasteiger partial charge < -0.3 is 11.1 Å². The van der Waals surface area contributed by atoms with Gasteiger partial charge >= 0.3 is 0 Å². The largest absolute Gasteiger partial charge is 0.383 e. The zero-order valence-electron chi connectivity index (χ0n) is 7.99. The van der Waals surface area contributed by atoms with Crippen molar-refractivity contribution in [2.45, 2.75) is 6.54 Å². The fraction of sp³-hybridized carbons (Fsp3) is 0.200. The highest BCUT2D eigenvalue weighted by molar-refractivity contribution is 5.87. The van der Waals surface area contributed by atoms with Gasteiger partial charge in [-0.15, -0.1) is 0 Å². The van der Waals surface area contributed by atoms with Crippen molar-refractivity contribution in [2.75, 3.05) is 12.8 Å². The maximum absolute atomic E-state index is 5.81. The zero-order valence-corrected chi connectivity index (χ0v) is 7.99. The SMILES string of the molecule is CNCc1nc(N)c2ccccc2n1. The van der Waals surface area contributed by atoms with Crippen molar-refractivity contribution in [1.29, 1.82) is 0 Å². The Balaban J connectivity index is 2.60. The predicted molar refractivity (Wildman–Crippen MR) is 56.7 cm³/mol. The summed E-state index contributed by atoms with van der Waals surface area (Å²) in [5, 5.41) is 3.90. The lowest BCUT2D eigenvalue weighted by molar-refractivity contribution is 0.766. The van der Waals surface area contributed by atoms with Gasteiger partial charge in [0.15, 0.2) is 0 Å². The number of fused-ring (bicyclic) bond motifs is 1. The number of anilines is 1. The minimum atomic E-state index is 0.542. The van der Waals surface area contributed by atoms with Gasteiger partial charge in [0.05, 0.1) is 12.1 Å². The van der Waals surface area contributed by atoms with Crippen LogP contribution in [0, 0.1) is 0 Å². The molecule has 3 N–H and O–H groups in total. The summed E-state index contributed by atoms with van der Waals surface area (Å²) in [5.41, 5.74) is 6.70. The molecule has 0 bridgehead atoms. The van der Waals surface area contributed by atoms with Crippen LogP contribution < -0.4 is 11.1 Å². The fourth-order valence-corrected chi connectivity index (χ4v) is 1.39. The molecule has 0 saturated heterocycles. The van der Waals surface area contributed by atoms with Gasteiger partial charge in [0.2, 0.25) is 0 Å². The third kappa shape index (κ3) is 1.52. The first-order valence-electron chi connectivity index (χ1n) is 4.47. The zero-order chi connectivity index (χ0) is 9.97. The highest BCUT2D eigenvalue weighted by Crippen LogP contribution is 2.16. The number of aromatic nitrogens is 2. The minimum Gasteiger partial charge on any atom is -0.383 e. The Morgan fingerprint density at radius 1 is 1.29 bits per heavy atom.